The highest BCUT2D eigenvalue weighted by Gasteiger charge is 2.29. The summed E-state index contributed by atoms with van der Waals surface area (Å²) in [5.41, 5.74) is 2.16. The van der Waals surface area contributed by atoms with E-state index in [2.05, 4.69) is 15.1 Å². The fourth-order valence-corrected chi connectivity index (χ4v) is 3.13. The Hall–Kier alpha value is -2.31. The molecule has 0 saturated carbocycles. The maximum atomic E-state index is 12.8. The van der Waals surface area contributed by atoms with Crippen molar-refractivity contribution >= 4 is 5.95 Å². The Bertz CT molecular complexity index is 752. The topological polar surface area (TPSA) is 63.9 Å². The summed E-state index contributed by atoms with van der Waals surface area (Å²) in [6.45, 7) is 2.14. The highest BCUT2D eigenvalue weighted by atomic mass is 19.1. The number of aryl methyl sites for hydroxylation is 2. The first kappa shape index (κ1) is 13.4. The fraction of sp³-hybridized carbons (Fsp3) is 0.467. The molecular formula is C15H16FN5O. The van der Waals surface area contributed by atoms with Gasteiger partial charge in [-0.3, -0.25) is 4.79 Å². The van der Waals surface area contributed by atoms with E-state index in [4.69, 9.17) is 0 Å². The predicted octanol–water partition coefficient (Wildman–Crippen LogP) is 0.797. The normalized spacial score (nSPS) is 17.4. The maximum absolute atomic E-state index is 12.8. The van der Waals surface area contributed by atoms with Gasteiger partial charge in [-0.15, -0.1) is 0 Å². The van der Waals surface area contributed by atoms with Crippen LogP contribution in [0.1, 0.15) is 17.7 Å². The van der Waals surface area contributed by atoms with Crippen LogP contribution < -0.4 is 10.5 Å². The molecule has 1 saturated heterocycles. The number of hydrogen-bond donors (Lipinski definition) is 0. The van der Waals surface area contributed by atoms with Crippen LogP contribution in [-0.4, -0.2) is 32.8 Å². The minimum Gasteiger partial charge on any atom is -0.340 e. The van der Waals surface area contributed by atoms with Crippen LogP contribution >= 0.6 is 0 Å². The molecule has 0 radical (unpaired) electrons. The lowest BCUT2D eigenvalue weighted by Crippen LogP contribution is -2.50. The number of hydrogen-bond acceptors (Lipinski definition) is 5. The zero-order valence-electron chi connectivity index (χ0n) is 12.1. The Morgan fingerprint density at radius 1 is 1.23 bits per heavy atom. The second kappa shape index (κ2) is 5.15. The van der Waals surface area contributed by atoms with E-state index in [1.807, 2.05) is 4.90 Å². The summed E-state index contributed by atoms with van der Waals surface area (Å²) in [5.74, 6) is 0.444. The van der Waals surface area contributed by atoms with Gasteiger partial charge in [0.1, 0.15) is 0 Å². The molecule has 0 amide bonds. The van der Waals surface area contributed by atoms with Crippen molar-refractivity contribution in [1.82, 2.24) is 19.7 Å². The van der Waals surface area contributed by atoms with Gasteiger partial charge in [0.25, 0.3) is 5.56 Å². The van der Waals surface area contributed by atoms with Crippen molar-refractivity contribution in [3.63, 3.8) is 0 Å². The molecule has 3 heterocycles. The molecule has 2 aromatic heterocycles. The Balaban J connectivity index is 1.42. The molecule has 6 nitrogen and oxygen atoms in total. The van der Waals surface area contributed by atoms with Crippen LogP contribution in [0.15, 0.2) is 23.3 Å². The van der Waals surface area contributed by atoms with Gasteiger partial charge >= 0.3 is 0 Å². The standard InChI is InChI=1S/C15H16FN5O/c16-12-5-17-15(18-6-12)20-7-10(8-20)9-21-14(22)4-11-2-1-3-13(11)19-21/h4-6,10H,1-3,7-9H2. The molecule has 0 N–H and O–H groups in total. The molecule has 0 aromatic carbocycles. The zero-order valence-corrected chi connectivity index (χ0v) is 12.1. The van der Waals surface area contributed by atoms with Crippen LogP contribution in [-0.2, 0) is 19.4 Å². The van der Waals surface area contributed by atoms with E-state index in [1.165, 1.54) is 12.4 Å². The highest BCUT2D eigenvalue weighted by Crippen LogP contribution is 2.22. The quantitative estimate of drug-likeness (QED) is 0.839. The van der Waals surface area contributed by atoms with E-state index in [9.17, 15) is 9.18 Å². The first-order valence-electron chi connectivity index (χ1n) is 7.51. The van der Waals surface area contributed by atoms with Gasteiger partial charge in [-0.05, 0) is 24.8 Å². The minimum atomic E-state index is -0.435. The first-order chi connectivity index (χ1) is 10.7. The van der Waals surface area contributed by atoms with Gasteiger partial charge in [-0.2, -0.15) is 5.10 Å². The Morgan fingerprint density at radius 2 is 2.00 bits per heavy atom. The lowest BCUT2D eigenvalue weighted by molar-refractivity contribution is 0.329. The van der Waals surface area contributed by atoms with Gasteiger partial charge in [-0.1, -0.05) is 0 Å². The van der Waals surface area contributed by atoms with Crippen LogP contribution in [0, 0.1) is 11.7 Å². The molecule has 1 fully saturated rings. The highest BCUT2D eigenvalue weighted by molar-refractivity contribution is 5.33. The fourth-order valence-electron chi connectivity index (χ4n) is 3.13. The van der Waals surface area contributed by atoms with E-state index in [-0.39, 0.29) is 5.56 Å². The van der Waals surface area contributed by atoms with E-state index in [0.29, 0.717) is 18.4 Å². The van der Waals surface area contributed by atoms with Crippen molar-refractivity contribution in [3.05, 3.63) is 45.9 Å². The van der Waals surface area contributed by atoms with Crippen molar-refractivity contribution < 1.29 is 4.39 Å². The molecule has 1 aliphatic heterocycles. The lowest BCUT2D eigenvalue weighted by atomic mass is 10.0. The molecule has 114 valence electrons. The van der Waals surface area contributed by atoms with Crippen LogP contribution in [0.5, 0.6) is 0 Å². The summed E-state index contributed by atoms with van der Waals surface area (Å²) in [5, 5.41) is 4.49. The van der Waals surface area contributed by atoms with Gasteiger partial charge in [0, 0.05) is 25.1 Å². The zero-order chi connectivity index (χ0) is 15.1. The molecule has 1 aliphatic carbocycles. The molecular weight excluding hydrogens is 285 g/mol. The summed E-state index contributed by atoms with van der Waals surface area (Å²) < 4.78 is 14.4. The second-order valence-corrected chi connectivity index (χ2v) is 5.96. The second-order valence-electron chi connectivity index (χ2n) is 5.96. The molecule has 4 rings (SSSR count). The summed E-state index contributed by atoms with van der Waals surface area (Å²) in [4.78, 5) is 22.0. The molecule has 22 heavy (non-hydrogen) atoms. The summed E-state index contributed by atoms with van der Waals surface area (Å²) in [6.07, 6.45) is 5.36. The number of anilines is 1. The van der Waals surface area contributed by atoms with Crippen molar-refractivity contribution in [2.24, 2.45) is 5.92 Å². The third kappa shape index (κ3) is 2.36. The van der Waals surface area contributed by atoms with E-state index in [1.54, 1.807) is 10.7 Å². The van der Waals surface area contributed by atoms with Crippen LogP contribution in [0.2, 0.25) is 0 Å². The number of halogens is 1. The SMILES string of the molecule is O=c1cc2c(nn1CC1CN(c3ncc(F)cn3)C1)CCC2. The number of fused-ring (bicyclic) bond motifs is 1. The van der Waals surface area contributed by atoms with Gasteiger partial charge in [-0.25, -0.2) is 19.0 Å². The number of aromatic nitrogens is 4. The van der Waals surface area contributed by atoms with Crippen molar-refractivity contribution in [2.45, 2.75) is 25.8 Å². The summed E-state index contributed by atoms with van der Waals surface area (Å²) in [6, 6.07) is 1.73. The average Bonchev–Trinajstić information content (AvgIpc) is 2.90. The Labute approximate surface area is 126 Å². The molecule has 2 aromatic rings. The number of nitrogens with zero attached hydrogens (tertiary/aromatic N) is 5. The first-order valence-corrected chi connectivity index (χ1v) is 7.51. The van der Waals surface area contributed by atoms with Crippen molar-refractivity contribution in [3.8, 4) is 0 Å². The van der Waals surface area contributed by atoms with Crippen LogP contribution in [0.4, 0.5) is 10.3 Å². The van der Waals surface area contributed by atoms with Crippen molar-refractivity contribution in [1.29, 1.82) is 0 Å². The monoisotopic (exact) mass is 301 g/mol. The van der Waals surface area contributed by atoms with E-state index in [0.717, 1.165) is 43.6 Å². The third-order valence-corrected chi connectivity index (χ3v) is 4.30. The van der Waals surface area contributed by atoms with Crippen LogP contribution in [0.25, 0.3) is 0 Å². The third-order valence-electron chi connectivity index (χ3n) is 4.30. The molecule has 0 bridgehead atoms. The largest absolute Gasteiger partial charge is 0.340 e. The maximum Gasteiger partial charge on any atom is 0.267 e. The Morgan fingerprint density at radius 3 is 2.77 bits per heavy atom. The predicted molar refractivity (Wildman–Crippen MR) is 78.2 cm³/mol. The number of rotatable bonds is 3. The summed E-state index contributed by atoms with van der Waals surface area (Å²) in [7, 11) is 0. The lowest BCUT2D eigenvalue weighted by Gasteiger charge is -2.39. The molecule has 0 spiro atoms. The van der Waals surface area contributed by atoms with Gasteiger partial charge in [0.05, 0.1) is 24.6 Å². The van der Waals surface area contributed by atoms with Crippen molar-refractivity contribution in [2.75, 3.05) is 18.0 Å². The Kier molecular flexibility index (Phi) is 3.13. The van der Waals surface area contributed by atoms with Gasteiger partial charge < -0.3 is 4.90 Å². The van der Waals surface area contributed by atoms with Crippen LogP contribution in [0.3, 0.4) is 0 Å². The van der Waals surface area contributed by atoms with E-state index < -0.39 is 5.82 Å². The van der Waals surface area contributed by atoms with E-state index >= 15 is 0 Å². The molecule has 0 unspecified atom stereocenters. The molecule has 2 aliphatic rings. The average molecular weight is 301 g/mol. The minimum absolute atomic E-state index is 0.0165. The molecule has 0 atom stereocenters. The molecule has 7 heteroatoms. The summed E-state index contributed by atoms with van der Waals surface area (Å²) >= 11 is 0. The smallest absolute Gasteiger partial charge is 0.267 e. The van der Waals surface area contributed by atoms with Gasteiger partial charge in [0.2, 0.25) is 5.95 Å². The van der Waals surface area contributed by atoms with Gasteiger partial charge in [0.15, 0.2) is 5.82 Å².